The Morgan fingerprint density at radius 3 is 2.57 bits per heavy atom. The molecule has 0 unspecified atom stereocenters. The largest absolute Gasteiger partial charge is 0.350 e. The van der Waals surface area contributed by atoms with E-state index in [2.05, 4.69) is 27.2 Å². The third-order valence-corrected chi connectivity index (χ3v) is 5.18. The van der Waals surface area contributed by atoms with E-state index in [1.165, 1.54) is 32.4 Å². The van der Waals surface area contributed by atoms with Crippen LogP contribution in [0.25, 0.3) is 0 Å². The normalized spacial score (nSPS) is 21.6. The fourth-order valence-electron chi connectivity index (χ4n) is 3.64. The van der Waals surface area contributed by atoms with Crippen LogP contribution in [0.5, 0.6) is 0 Å². The van der Waals surface area contributed by atoms with Crippen LogP contribution in [-0.4, -0.2) is 54.5 Å². The molecule has 23 heavy (non-hydrogen) atoms. The number of nitrogens with zero attached hydrogens (tertiary/aromatic N) is 2. The molecule has 1 N–H and O–H groups in total. The molecule has 0 aromatic heterocycles. The highest BCUT2D eigenvalue weighted by Crippen LogP contribution is 2.20. The van der Waals surface area contributed by atoms with Crippen molar-refractivity contribution >= 4 is 5.91 Å². The lowest BCUT2D eigenvalue weighted by molar-refractivity contribution is -0.122. The molecule has 4 heteroatoms. The van der Waals surface area contributed by atoms with E-state index in [9.17, 15) is 4.79 Å². The molecule has 4 nitrogen and oxygen atoms in total. The summed E-state index contributed by atoms with van der Waals surface area (Å²) in [7, 11) is 0. The number of amides is 1. The number of rotatable bonds is 6. The number of hydrogen-bond acceptors (Lipinski definition) is 3. The van der Waals surface area contributed by atoms with Crippen LogP contribution in [0.1, 0.15) is 44.2 Å². The average molecular weight is 315 g/mol. The molecule has 1 aromatic carbocycles. The van der Waals surface area contributed by atoms with E-state index in [4.69, 9.17) is 0 Å². The van der Waals surface area contributed by atoms with Crippen molar-refractivity contribution in [3.05, 3.63) is 35.9 Å². The van der Waals surface area contributed by atoms with Crippen LogP contribution in [0.15, 0.2) is 30.3 Å². The van der Waals surface area contributed by atoms with Crippen LogP contribution in [0.3, 0.4) is 0 Å². The SMILES string of the molecule is C[C@H](NC(=O)CCN1CC(N2CCCCC2)C1)c1ccccc1. The highest BCUT2D eigenvalue weighted by molar-refractivity contribution is 5.76. The molecule has 0 aliphatic carbocycles. The molecular weight excluding hydrogens is 286 g/mol. The Balaban J connectivity index is 1.33. The molecule has 0 radical (unpaired) electrons. The lowest BCUT2D eigenvalue weighted by Crippen LogP contribution is -2.60. The molecule has 1 aromatic rings. The van der Waals surface area contributed by atoms with Crippen LogP contribution < -0.4 is 5.32 Å². The number of carbonyl (C=O) groups excluding carboxylic acids is 1. The second-order valence-electron chi connectivity index (χ2n) is 6.96. The van der Waals surface area contributed by atoms with Crippen LogP contribution in [0.2, 0.25) is 0 Å². The van der Waals surface area contributed by atoms with Gasteiger partial charge in [-0.15, -0.1) is 0 Å². The second-order valence-corrected chi connectivity index (χ2v) is 6.96. The minimum absolute atomic E-state index is 0.0844. The molecule has 2 heterocycles. The molecule has 2 fully saturated rings. The van der Waals surface area contributed by atoms with Crippen molar-refractivity contribution in [2.45, 2.75) is 44.7 Å². The predicted octanol–water partition coefficient (Wildman–Crippen LogP) is 2.42. The first-order valence-electron chi connectivity index (χ1n) is 9.03. The number of nitrogens with one attached hydrogen (secondary N) is 1. The molecule has 2 aliphatic rings. The number of piperidine rings is 1. The summed E-state index contributed by atoms with van der Waals surface area (Å²) >= 11 is 0. The third-order valence-electron chi connectivity index (χ3n) is 5.18. The van der Waals surface area contributed by atoms with Crippen LogP contribution in [-0.2, 0) is 4.79 Å². The Bertz CT molecular complexity index is 493. The molecular formula is C19H29N3O. The lowest BCUT2D eigenvalue weighted by Gasteiger charge is -2.46. The Kier molecular flexibility index (Phi) is 5.68. The fourth-order valence-corrected chi connectivity index (χ4v) is 3.64. The summed E-state index contributed by atoms with van der Waals surface area (Å²) in [5, 5.41) is 3.10. The maximum Gasteiger partial charge on any atom is 0.221 e. The molecule has 0 bridgehead atoms. The van der Waals surface area contributed by atoms with E-state index in [-0.39, 0.29) is 11.9 Å². The topological polar surface area (TPSA) is 35.6 Å². The van der Waals surface area contributed by atoms with Gasteiger partial charge in [0, 0.05) is 32.1 Å². The van der Waals surface area contributed by atoms with Crippen molar-refractivity contribution in [2.24, 2.45) is 0 Å². The zero-order valence-electron chi connectivity index (χ0n) is 14.2. The van der Waals surface area contributed by atoms with Crippen molar-refractivity contribution in [3.8, 4) is 0 Å². The monoisotopic (exact) mass is 315 g/mol. The van der Waals surface area contributed by atoms with Gasteiger partial charge in [0.2, 0.25) is 5.91 Å². The first-order valence-corrected chi connectivity index (χ1v) is 9.03. The van der Waals surface area contributed by atoms with Gasteiger partial charge in [-0.05, 0) is 38.4 Å². The smallest absolute Gasteiger partial charge is 0.221 e. The molecule has 2 aliphatic heterocycles. The van der Waals surface area contributed by atoms with Crippen molar-refractivity contribution in [1.82, 2.24) is 15.1 Å². The summed E-state index contributed by atoms with van der Waals surface area (Å²) in [5.41, 5.74) is 1.16. The van der Waals surface area contributed by atoms with Gasteiger partial charge < -0.3 is 5.32 Å². The summed E-state index contributed by atoms with van der Waals surface area (Å²) in [6.45, 7) is 7.76. The van der Waals surface area contributed by atoms with Gasteiger partial charge in [0.25, 0.3) is 0 Å². The minimum Gasteiger partial charge on any atom is -0.350 e. The second kappa shape index (κ2) is 7.93. The van der Waals surface area contributed by atoms with Gasteiger partial charge >= 0.3 is 0 Å². The van der Waals surface area contributed by atoms with Crippen molar-refractivity contribution in [2.75, 3.05) is 32.7 Å². The van der Waals surface area contributed by atoms with E-state index >= 15 is 0 Å². The van der Waals surface area contributed by atoms with Gasteiger partial charge in [-0.3, -0.25) is 14.6 Å². The zero-order chi connectivity index (χ0) is 16.1. The Morgan fingerprint density at radius 1 is 1.17 bits per heavy atom. The summed E-state index contributed by atoms with van der Waals surface area (Å²) in [5.74, 6) is 0.155. The van der Waals surface area contributed by atoms with Crippen molar-refractivity contribution < 1.29 is 4.79 Å². The first kappa shape index (κ1) is 16.5. The van der Waals surface area contributed by atoms with E-state index < -0.39 is 0 Å². The van der Waals surface area contributed by atoms with Gasteiger partial charge in [-0.1, -0.05) is 36.8 Å². The van der Waals surface area contributed by atoms with Crippen LogP contribution in [0.4, 0.5) is 0 Å². The van der Waals surface area contributed by atoms with Crippen LogP contribution >= 0.6 is 0 Å². The van der Waals surface area contributed by atoms with Crippen molar-refractivity contribution in [1.29, 1.82) is 0 Å². The summed E-state index contributed by atoms with van der Waals surface area (Å²) in [4.78, 5) is 17.2. The third kappa shape index (κ3) is 4.55. The standard InChI is InChI=1S/C19H29N3O/c1-16(17-8-4-2-5-9-17)20-19(23)10-13-21-14-18(15-21)22-11-6-3-7-12-22/h2,4-5,8-9,16,18H,3,6-7,10-15H2,1H3,(H,20,23)/t16-/m0/s1. The molecule has 0 spiro atoms. The molecule has 2 saturated heterocycles. The molecule has 1 amide bonds. The van der Waals surface area contributed by atoms with E-state index in [0.29, 0.717) is 6.42 Å². The maximum absolute atomic E-state index is 12.1. The quantitative estimate of drug-likeness (QED) is 0.876. The highest BCUT2D eigenvalue weighted by Gasteiger charge is 2.32. The molecule has 0 saturated carbocycles. The molecule has 3 rings (SSSR count). The van der Waals surface area contributed by atoms with E-state index in [0.717, 1.165) is 31.2 Å². The van der Waals surface area contributed by atoms with Gasteiger partial charge in [-0.2, -0.15) is 0 Å². The maximum atomic E-state index is 12.1. The van der Waals surface area contributed by atoms with Gasteiger partial charge in [0.1, 0.15) is 0 Å². The van der Waals surface area contributed by atoms with Gasteiger partial charge in [-0.25, -0.2) is 0 Å². The lowest BCUT2D eigenvalue weighted by atomic mass is 10.0. The highest BCUT2D eigenvalue weighted by atomic mass is 16.1. The predicted molar refractivity (Wildman–Crippen MR) is 93.3 cm³/mol. The zero-order valence-corrected chi connectivity index (χ0v) is 14.2. The number of likely N-dealkylation sites (tertiary alicyclic amines) is 2. The summed E-state index contributed by atoms with van der Waals surface area (Å²) < 4.78 is 0. The Morgan fingerprint density at radius 2 is 1.87 bits per heavy atom. The Hall–Kier alpha value is -1.39. The fraction of sp³-hybridized carbons (Fsp3) is 0.632. The first-order chi connectivity index (χ1) is 11.2. The average Bonchev–Trinajstić information content (AvgIpc) is 2.55. The number of hydrogen-bond donors (Lipinski definition) is 1. The molecule has 126 valence electrons. The van der Waals surface area contributed by atoms with Gasteiger partial charge in [0.15, 0.2) is 0 Å². The summed E-state index contributed by atoms with van der Waals surface area (Å²) in [6.07, 6.45) is 4.71. The summed E-state index contributed by atoms with van der Waals surface area (Å²) in [6, 6.07) is 11.0. The van der Waals surface area contributed by atoms with Crippen molar-refractivity contribution in [3.63, 3.8) is 0 Å². The van der Waals surface area contributed by atoms with Crippen LogP contribution in [0, 0.1) is 0 Å². The molecule has 1 atom stereocenters. The van der Waals surface area contributed by atoms with E-state index in [1.54, 1.807) is 0 Å². The number of carbonyl (C=O) groups is 1. The number of benzene rings is 1. The van der Waals surface area contributed by atoms with E-state index in [1.807, 2.05) is 25.1 Å². The minimum atomic E-state index is 0.0844. The van der Waals surface area contributed by atoms with Gasteiger partial charge in [0.05, 0.1) is 6.04 Å². The Labute approximate surface area is 139 Å².